The largest absolute Gasteiger partial charge is 0.396 e. The van der Waals surface area contributed by atoms with Crippen molar-refractivity contribution in [3.63, 3.8) is 0 Å². The summed E-state index contributed by atoms with van der Waals surface area (Å²) in [6, 6.07) is 10.5. The van der Waals surface area contributed by atoms with Crippen molar-refractivity contribution in [3.05, 3.63) is 35.9 Å². The first-order valence-corrected chi connectivity index (χ1v) is 12.0. The molecule has 2 nitrogen and oxygen atoms in total. The van der Waals surface area contributed by atoms with Crippen LogP contribution in [0, 0.1) is 5.92 Å². The molecule has 0 aliphatic heterocycles. The molecule has 1 aromatic carbocycles. The van der Waals surface area contributed by atoms with Crippen LogP contribution in [-0.4, -0.2) is 28.3 Å². The molecule has 1 unspecified atom stereocenters. The molecule has 1 rings (SSSR count). The second-order valence-corrected chi connectivity index (χ2v) is 9.09. The van der Waals surface area contributed by atoms with E-state index in [1.165, 1.54) is 69.8 Å². The van der Waals surface area contributed by atoms with Crippen molar-refractivity contribution in [3.8, 4) is 0 Å². The molecule has 0 heterocycles. The molecule has 0 aromatic heterocycles. The highest BCUT2D eigenvalue weighted by Crippen LogP contribution is 2.38. The van der Waals surface area contributed by atoms with Gasteiger partial charge in [0, 0.05) is 13.2 Å². The van der Waals surface area contributed by atoms with Gasteiger partial charge in [0.25, 0.3) is 0 Å². The molecule has 2 N–H and O–H groups in total. The number of halogens is 1. The van der Waals surface area contributed by atoms with Crippen molar-refractivity contribution in [1.82, 2.24) is 0 Å². The van der Waals surface area contributed by atoms with Crippen molar-refractivity contribution in [2.45, 2.75) is 102 Å². The van der Waals surface area contributed by atoms with E-state index in [1.54, 1.807) is 0 Å². The van der Waals surface area contributed by atoms with Gasteiger partial charge in [0.05, 0.1) is 4.87 Å². The van der Waals surface area contributed by atoms with Gasteiger partial charge in [-0.2, -0.15) is 0 Å². The first-order valence-electron chi connectivity index (χ1n) is 11.6. The lowest BCUT2D eigenvalue weighted by Crippen LogP contribution is -2.36. The third-order valence-electron chi connectivity index (χ3n) is 6.02. The van der Waals surface area contributed by atoms with Crippen LogP contribution in [0.15, 0.2) is 30.3 Å². The lowest BCUT2D eigenvalue weighted by atomic mass is 9.79. The Kier molecular flexibility index (Phi) is 14.8. The molecule has 28 heavy (non-hydrogen) atoms. The lowest BCUT2D eigenvalue weighted by molar-refractivity contribution is 0.186. The highest BCUT2D eigenvalue weighted by atomic mass is 35.5. The summed E-state index contributed by atoms with van der Waals surface area (Å²) in [6.45, 7) is 2.42. The van der Waals surface area contributed by atoms with Gasteiger partial charge in [0.15, 0.2) is 0 Å². The van der Waals surface area contributed by atoms with Gasteiger partial charge in [-0.15, -0.1) is 11.6 Å². The normalized spacial score (nSPS) is 13.0. The minimum Gasteiger partial charge on any atom is -0.396 e. The molecule has 0 saturated heterocycles. The van der Waals surface area contributed by atoms with Gasteiger partial charge in [-0.1, -0.05) is 101 Å². The van der Waals surface area contributed by atoms with Gasteiger partial charge < -0.3 is 10.2 Å². The Morgan fingerprint density at radius 3 is 1.79 bits per heavy atom. The summed E-state index contributed by atoms with van der Waals surface area (Å²) in [5.41, 5.74) is 1.29. The number of unbranched alkanes of at least 4 members (excludes halogenated alkanes) is 9. The molecular formula is C25H43ClO2. The number of aliphatic hydroxyl groups excluding tert-OH is 2. The molecule has 0 bridgehead atoms. The maximum atomic E-state index is 9.52. The molecule has 0 saturated carbocycles. The van der Waals surface area contributed by atoms with Crippen molar-refractivity contribution >= 4 is 11.6 Å². The highest BCUT2D eigenvalue weighted by Gasteiger charge is 2.35. The van der Waals surface area contributed by atoms with Crippen LogP contribution in [0.25, 0.3) is 0 Å². The lowest BCUT2D eigenvalue weighted by Gasteiger charge is -2.35. The third kappa shape index (κ3) is 10.8. The Balaban J connectivity index is 2.43. The Labute approximate surface area is 178 Å². The molecule has 0 amide bonds. The van der Waals surface area contributed by atoms with Gasteiger partial charge in [-0.3, -0.25) is 0 Å². The average molecular weight is 411 g/mol. The molecule has 162 valence electrons. The molecule has 1 atom stereocenters. The Morgan fingerprint density at radius 1 is 0.786 bits per heavy atom. The second-order valence-electron chi connectivity index (χ2n) is 8.34. The summed E-state index contributed by atoms with van der Waals surface area (Å²) in [4.78, 5) is -0.515. The zero-order valence-corrected chi connectivity index (χ0v) is 18.8. The molecule has 0 fully saturated rings. The zero-order valence-electron chi connectivity index (χ0n) is 18.1. The number of alkyl halides is 1. The van der Waals surface area contributed by atoms with Crippen molar-refractivity contribution in [2.75, 3.05) is 13.2 Å². The molecule has 3 heteroatoms. The quantitative estimate of drug-likeness (QED) is 0.204. The SMILES string of the molecule is CCCCCCCCCCCCC(Cc1ccccc1)C(Cl)(CCO)CCO. The summed E-state index contributed by atoms with van der Waals surface area (Å²) in [5, 5.41) is 19.0. The van der Waals surface area contributed by atoms with E-state index >= 15 is 0 Å². The molecule has 0 radical (unpaired) electrons. The first-order chi connectivity index (χ1) is 13.7. The fourth-order valence-electron chi connectivity index (χ4n) is 4.23. The van der Waals surface area contributed by atoms with Gasteiger partial charge in [0.2, 0.25) is 0 Å². The van der Waals surface area contributed by atoms with Crippen LogP contribution in [0.2, 0.25) is 0 Å². The number of benzene rings is 1. The second kappa shape index (κ2) is 16.3. The van der Waals surface area contributed by atoms with Crippen LogP contribution in [0.3, 0.4) is 0 Å². The Hall–Kier alpha value is -0.570. The maximum Gasteiger partial charge on any atom is 0.0521 e. The van der Waals surface area contributed by atoms with E-state index in [1.807, 2.05) is 6.07 Å². The topological polar surface area (TPSA) is 40.5 Å². The standard InChI is InChI=1S/C25H43ClO2/c1-2-3-4-5-6-7-8-9-10-14-17-24(22-23-15-12-11-13-16-23)25(26,18-20-27)19-21-28/h11-13,15-16,24,27-28H,2-10,14,17-22H2,1H3. The zero-order chi connectivity index (χ0) is 20.5. The average Bonchev–Trinajstić information content (AvgIpc) is 2.69. The fraction of sp³-hybridized carbons (Fsp3) is 0.760. The summed E-state index contributed by atoms with van der Waals surface area (Å²) in [7, 11) is 0. The van der Waals surface area contributed by atoms with Crippen LogP contribution >= 0.6 is 11.6 Å². The van der Waals surface area contributed by atoms with Gasteiger partial charge in [-0.05, 0) is 37.2 Å². The van der Waals surface area contributed by atoms with Gasteiger partial charge >= 0.3 is 0 Å². The fourth-order valence-corrected chi connectivity index (χ4v) is 4.58. The number of hydrogen-bond donors (Lipinski definition) is 2. The van der Waals surface area contributed by atoms with Crippen molar-refractivity contribution < 1.29 is 10.2 Å². The van der Waals surface area contributed by atoms with E-state index < -0.39 is 4.87 Å². The van der Waals surface area contributed by atoms with Crippen LogP contribution in [0.1, 0.15) is 96.0 Å². The van der Waals surface area contributed by atoms with Gasteiger partial charge in [-0.25, -0.2) is 0 Å². The van der Waals surface area contributed by atoms with E-state index in [2.05, 4.69) is 31.2 Å². The van der Waals surface area contributed by atoms with Crippen molar-refractivity contribution in [2.24, 2.45) is 5.92 Å². The maximum absolute atomic E-state index is 9.52. The minimum atomic E-state index is -0.515. The van der Waals surface area contributed by atoms with Crippen molar-refractivity contribution in [1.29, 1.82) is 0 Å². The monoisotopic (exact) mass is 410 g/mol. The number of rotatable bonds is 18. The molecule has 0 aliphatic carbocycles. The third-order valence-corrected chi connectivity index (χ3v) is 6.70. The van der Waals surface area contributed by atoms with E-state index in [0.717, 1.165) is 12.8 Å². The summed E-state index contributed by atoms with van der Waals surface area (Å²) < 4.78 is 0. The predicted molar refractivity (Wildman–Crippen MR) is 122 cm³/mol. The first kappa shape index (κ1) is 25.5. The van der Waals surface area contributed by atoms with Crippen LogP contribution in [-0.2, 0) is 6.42 Å². The molecule has 0 aliphatic rings. The minimum absolute atomic E-state index is 0.0762. The summed E-state index contributed by atoms with van der Waals surface area (Å²) >= 11 is 6.96. The summed E-state index contributed by atoms with van der Waals surface area (Å²) in [6.07, 6.45) is 16.4. The van der Waals surface area contributed by atoms with E-state index in [9.17, 15) is 10.2 Å². The molecular weight excluding hydrogens is 368 g/mol. The summed E-state index contributed by atoms with van der Waals surface area (Å²) in [5.74, 6) is 0.282. The van der Waals surface area contributed by atoms with E-state index in [0.29, 0.717) is 12.8 Å². The number of aliphatic hydroxyl groups is 2. The predicted octanol–water partition coefficient (Wildman–Crippen LogP) is 6.90. The molecule has 1 aromatic rings. The number of hydrogen-bond acceptors (Lipinski definition) is 2. The Bertz CT molecular complexity index is 457. The smallest absolute Gasteiger partial charge is 0.0521 e. The van der Waals surface area contributed by atoms with Crippen LogP contribution in [0.4, 0.5) is 0 Å². The highest BCUT2D eigenvalue weighted by molar-refractivity contribution is 6.24. The van der Waals surface area contributed by atoms with E-state index in [4.69, 9.17) is 11.6 Å². The molecule has 0 spiro atoms. The Morgan fingerprint density at radius 2 is 1.29 bits per heavy atom. The van der Waals surface area contributed by atoms with Crippen LogP contribution in [0.5, 0.6) is 0 Å². The van der Waals surface area contributed by atoms with E-state index in [-0.39, 0.29) is 19.1 Å². The van der Waals surface area contributed by atoms with Crippen LogP contribution < -0.4 is 0 Å². The van der Waals surface area contributed by atoms with Gasteiger partial charge in [0.1, 0.15) is 0 Å².